The van der Waals surface area contributed by atoms with Crippen molar-refractivity contribution in [3.05, 3.63) is 0 Å². The van der Waals surface area contributed by atoms with Crippen molar-refractivity contribution in [3.8, 4) is 0 Å². The van der Waals surface area contributed by atoms with E-state index in [-0.39, 0.29) is 0 Å². The number of nitrogens with two attached hydrogens (primary N) is 1. The predicted octanol–water partition coefficient (Wildman–Crippen LogP) is 2.46. The fraction of sp³-hybridized carbons (Fsp3) is 0.917. The zero-order valence-electron chi connectivity index (χ0n) is 9.45. The SMILES string of the molecule is NC(=S)CCN(C1CCCCC1)C1CC1. The standard InChI is InChI=1S/C12H22N2S/c13-12(15)8-9-14(11-6-7-11)10-4-2-1-3-5-10/h10-11H,1-9H2,(H2,13,15). The van der Waals surface area contributed by atoms with E-state index in [0.29, 0.717) is 4.99 Å². The molecule has 3 heteroatoms. The topological polar surface area (TPSA) is 29.3 Å². The fourth-order valence-corrected chi connectivity index (χ4v) is 2.81. The lowest BCUT2D eigenvalue weighted by Crippen LogP contribution is -2.40. The minimum Gasteiger partial charge on any atom is -0.393 e. The van der Waals surface area contributed by atoms with Crippen molar-refractivity contribution < 1.29 is 0 Å². The molecule has 2 fully saturated rings. The number of thiocarbonyl (C=S) groups is 1. The van der Waals surface area contributed by atoms with Crippen LogP contribution in [0.25, 0.3) is 0 Å². The molecule has 2 aliphatic rings. The molecule has 0 saturated heterocycles. The summed E-state index contributed by atoms with van der Waals surface area (Å²) in [5.74, 6) is 0. The van der Waals surface area contributed by atoms with Crippen molar-refractivity contribution in [2.45, 2.75) is 63.5 Å². The van der Waals surface area contributed by atoms with Crippen LogP contribution in [-0.4, -0.2) is 28.5 Å². The van der Waals surface area contributed by atoms with E-state index in [1.54, 1.807) is 0 Å². The molecule has 0 heterocycles. The van der Waals surface area contributed by atoms with Crippen LogP contribution in [0.5, 0.6) is 0 Å². The van der Waals surface area contributed by atoms with Crippen molar-refractivity contribution in [1.29, 1.82) is 0 Å². The molecule has 0 amide bonds. The zero-order chi connectivity index (χ0) is 10.7. The van der Waals surface area contributed by atoms with Crippen molar-refractivity contribution in [3.63, 3.8) is 0 Å². The molecular weight excluding hydrogens is 204 g/mol. The van der Waals surface area contributed by atoms with Gasteiger partial charge in [0.2, 0.25) is 0 Å². The largest absolute Gasteiger partial charge is 0.393 e. The van der Waals surface area contributed by atoms with Gasteiger partial charge >= 0.3 is 0 Å². The second kappa shape index (κ2) is 5.26. The van der Waals surface area contributed by atoms with Gasteiger partial charge in [-0.2, -0.15) is 0 Å². The molecule has 0 aromatic heterocycles. The van der Waals surface area contributed by atoms with Gasteiger partial charge in [0.05, 0.1) is 4.99 Å². The van der Waals surface area contributed by atoms with Crippen molar-refractivity contribution in [2.75, 3.05) is 6.54 Å². The molecule has 86 valence electrons. The summed E-state index contributed by atoms with van der Waals surface area (Å²) in [6.45, 7) is 1.10. The third kappa shape index (κ3) is 3.42. The van der Waals surface area contributed by atoms with E-state index in [2.05, 4.69) is 4.90 Å². The van der Waals surface area contributed by atoms with Gasteiger partial charge in [-0.1, -0.05) is 31.5 Å². The van der Waals surface area contributed by atoms with Crippen molar-refractivity contribution >= 4 is 17.2 Å². The highest BCUT2D eigenvalue weighted by Crippen LogP contribution is 2.33. The van der Waals surface area contributed by atoms with Gasteiger partial charge in [0, 0.05) is 25.0 Å². The van der Waals surface area contributed by atoms with Gasteiger partial charge in [-0.25, -0.2) is 0 Å². The average molecular weight is 226 g/mol. The Balaban J connectivity index is 1.83. The lowest BCUT2D eigenvalue weighted by atomic mass is 9.94. The van der Waals surface area contributed by atoms with Crippen molar-refractivity contribution in [2.24, 2.45) is 5.73 Å². The summed E-state index contributed by atoms with van der Waals surface area (Å²) >= 11 is 4.97. The first-order valence-electron chi connectivity index (χ1n) is 6.31. The summed E-state index contributed by atoms with van der Waals surface area (Å²) in [6, 6.07) is 1.70. The maximum atomic E-state index is 5.60. The van der Waals surface area contributed by atoms with Gasteiger partial charge in [0.1, 0.15) is 0 Å². The quantitative estimate of drug-likeness (QED) is 0.730. The maximum absolute atomic E-state index is 5.60. The van der Waals surface area contributed by atoms with Crippen molar-refractivity contribution in [1.82, 2.24) is 4.90 Å². The minimum absolute atomic E-state index is 0.677. The van der Waals surface area contributed by atoms with Gasteiger partial charge in [-0.3, -0.25) is 4.90 Å². The van der Waals surface area contributed by atoms with Crippen LogP contribution in [0, 0.1) is 0 Å². The average Bonchev–Trinajstić information content (AvgIpc) is 3.03. The monoisotopic (exact) mass is 226 g/mol. The van der Waals surface area contributed by atoms with Crippen LogP contribution in [-0.2, 0) is 0 Å². The molecule has 0 aromatic carbocycles. The molecule has 0 bridgehead atoms. The Morgan fingerprint density at radius 3 is 2.20 bits per heavy atom. The van der Waals surface area contributed by atoms with Crippen LogP contribution in [0.2, 0.25) is 0 Å². The zero-order valence-corrected chi connectivity index (χ0v) is 10.3. The Hall–Kier alpha value is -0.150. The van der Waals surface area contributed by atoms with E-state index < -0.39 is 0 Å². The molecule has 2 saturated carbocycles. The predicted molar refractivity (Wildman–Crippen MR) is 68.0 cm³/mol. The van der Waals surface area contributed by atoms with E-state index in [0.717, 1.165) is 25.0 Å². The molecule has 2 nitrogen and oxygen atoms in total. The summed E-state index contributed by atoms with van der Waals surface area (Å²) in [4.78, 5) is 3.37. The molecule has 0 spiro atoms. The Morgan fingerprint density at radius 2 is 1.67 bits per heavy atom. The number of rotatable bonds is 5. The molecular formula is C12H22N2S. The van der Waals surface area contributed by atoms with E-state index in [1.807, 2.05) is 0 Å². The first-order chi connectivity index (χ1) is 7.27. The Kier molecular flexibility index (Phi) is 3.98. The lowest BCUT2D eigenvalue weighted by Gasteiger charge is -2.34. The molecule has 0 unspecified atom stereocenters. The summed E-state index contributed by atoms with van der Waals surface area (Å²) in [7, 11) is 0. The highest BCUT2D eigenvalue weighted by molar-refractivity contribution is 7.80. The summed E-state index contributed by atoms with van der Waals surface area (Å²) < 4.78 is 0. The smallest absolute Gasteiger partial charge is 0.0740 e. The molecule has 2 aliphatic carbocycles. The van der Waals surface area contributed by atoms with Crippen LogP contribution >= 0.6 is 12.2 Å². The summed E-state index contributed by atoms with van der Waals surface area (Å²) in [5.41, 5.74) is 5.60. The van der Waals surface area contributed by atoms with Crippen LogP contribution in [0.15, 0.2) is 0 Å². The van der Waals surface area contributed by atoms with E-state index >= 15 is 0 Å². The normalized spacial score (nSPS) is 23.3. The van der Waals surface area contributed by atoms with Gasteiger partial charge < -0.3 is 5.73 Å². The van der Waals surface area contributed by atoms with Crippen LogP contribution < -0.4 is 5.73 Å². The van der Waals surface area contributed by atoms with Gasteiger partial charge in [0.15, 0.2) is 0 Å². The second-order valence-corrected chi connectivity index (χ2v) is 5.50. The van der Waals surface area contributed by atoms with Crippen LogP contribution in [0.4, 0.5) is 0 Å². The number of hydrogen-bond donors (Lipinski definition) is 1. The van der Waals surface area contributed by atoms with Crippen LogP contribution in [0.1, 0.15) is 51.4 Å². The first kappa shape index (κ1) is 11.3. The van der Waals surface area contributed by atoms with Crippen LogP contribution in [0.3, 0.4) is 0 Å². The number of hydrogen-bond acceptors (Lipinski definition) is 2. The summed E-state index contributed by atoms with van der Waals surface area (Å²) in [6.07, 6.45) is 10.8. The second-order valence-electron chi connectivity index (χ2n) is 4.98. The maximum Gasteiger partial charge on any atom is 0.0740 e. The van der Waals surface area contributed by atoms with Gasteiger partial charge in [0.25, 0.3) is 0 Å². The highest BCUT2D eigenvalue weighted by Gasteiger charge is 2.33. The number of nitrogens with zero attached hydrogens (tertiary/aromatic N) is 1. The van der Waals surface area contributed by atoms with Gasteiger partial charge in [-0.05, 0) is 25.7 Å². The third-order valence-corrected chi connectivity index (χ3v) is 3.88. The molecule has 0 atom stereocenters. The van der Waals surface area contributed by atoms with E-state index in [4.69, 9.17) is 18.0 Å². The van der Waals surface area contributed by atoms with E-state index in [9.17, 15) is 0 Å². The molecule has 0 radical (unpaired) electrons. The van der Waals surface area contributed by atoms with E-state index in [1.165, 1.54) is 44.9 Å². The Labute approximate surface area is 98.2 Å². The summed E-state index contributed by atoms with van der Waals surface area (Å²) in [5, 5.41) is 0. The van der Waals surface area contributed by atoms with Gasteiger partial charge in [-0.15, -0.1) is 0 Å². The Morgan fingerprint density at radius 1 is 1.07 bits per heavy atom. The molecule has 2 N–H and O–H groups in total. The molecule has 0 aliphatic heterocycles. The fourth-order valence-electron chi connectivity index (χ4n) is 2.72. The highest BCUT2D eigenvalue weighted by atomic mass is 32.1. The molecule has 15 heavy (non-hydrogen) atoms. The molecule has 0 aromatic rings. The third-order valence-electron chi connectivity index (χ3n) is 3.68. The molecule has 2 rings (SSSR count). The minimum atomic E-state index is 0.677. The first-order valence-corrected chi connectivity index (χ1v) is 6.72. The Bertz CT molecular complexity index is 220. The lowest BCUT2D eigenvalue weighted by molar-refractivity contribution is 0.151.